The highest BCUT2D eigenvalue weighted by Gasteiger charge is 2.20. The summed E-state index contributed by atoms with van der Waals surface area (Å²) >= 11 is 1.35. The number of methoxy groups -OCH3 is 1. The normalized spacial score (nSPS) is 11.9. The minimum Gasteiger partial charge on any atom is -0.496 e. The van der Waals surface area contributed by atoms with Gasteiger partial charge in [-0.15, -0.1) is 17.8 Å². The molecule has 21 heavy (non-hydrogen) atoms. The molecule has 5 heteroatoms. The van der Waals surface area contributed by atoms with Crippen LogP contribution in [0.15, 0.2) is 18.2 Å². The number of rotatable bonds is 5. The van der Waals surface area contributed by atoms with Crippen molar-refractivity contribution in [3.8, 4) is 18.1 Å². The number of nitrogens with two attached hydrogens (primary N) is 1. The third kappa shape index (κ3) is 2.96. The summed E-state index contributed by atoms with van der Waals surface area (Å²) in [6.45, 7) is 2.02. The highest BCUT2D eigenvalue weighted by atomic mass is 32.1. The molecule has 1 amide bonds. The van der Waals surface area contributed by atoms with Crippen LogP contribution >= 0.6 is 11.3 Å². The molecule has 0 saturated heterocycles. The number of carbonyl (C=O) groups is 1. The monoisotopic (exact) mass is 302 g/mol. The fraction of sp³-hybridized carbons (Fsp3) is 0.312. The van der Waals surface area contributed by atoms with Crippen LogP contribution in [0.3, 0.4) is 0 Å². The summed E-state index contributed by atoms with van der Waals surface area (Å²) in [6, 6.07) is 5.35. The standard InChI is InChI=1S/C16H18N2O2S/c1-4-7-10(5-2)18-16(19)15-14(17)13-11(20-3)8-6-9-12(13)21-15/h2,6,8-10H,4,7,17H2,1,3H3,(H,18,19). The van der Waals surface area contributed by atoms with Crippen molar-refractivity contribution < 1.29 is 9.53 Å². The van der Waals surface area contributed by atoms with Crippen molar-refractivity contribution in [1.82, 2.24) is 5.32 Å². The Kier molecular flexibility index (Phi) is 4.71. The summed E-state index contributed by atoms with van der Waals surface area (Å²) in [5.41, 5.74) is 6.57. The van der Waals surface area contributed by atoms with E-state index in [0.717, 1.165) is 22.9 Å². The van der Waals surface area contributed by atoms with Crippen molar-refractivity contribution in [3.05, 3.63) is 23.1 Å². The third-order valence-corrected chi connectivity index (χ3v) is 4.39. The average molecular weight is 302 g/mol. The lowest BCUT2D eigenvalue weighted by molar-refractivity contribution is 0.0949. The smallest absolute Gasteiger partial charge is 0.264 e. The Morgan fingerprint density at radius 1 is 1.57 bits per heavy atom. The Morgan fingerprint density at radius 3 is 2.95 bits per heavy atom. The van der Waals surface area contributed by atoms with Gasteiger partial charge in [-0.1, -0.05) is 25.3 Å². The quantitative estimate of drug-likeness (QED) is 0.834. The van der Waals surface area contributed by atoms with Gasteiger partial charge in [0.25, 0.3) is 5.91 Å². The Bertz CT molecular complexity index is 700. The van der Waals surface area contributed by atoms with E-state index in [1.807, 2.05) is 25.1 Å². The molecule has 1 unspecified atom stereocenters. The lowest BCUT2D eigenvalue weighted by Crippen LogP contribution is -2.33. The Morgan fingerprint density at radius 2 is 2.33 bits per heavy atom. The van der Waals surface area contributed by atoms with Crippen LogP contribution in [-0.4, -0.2) is 19.1 Å². The van der Waals surface area contributed by atoms with Crippen LogP contribution in [0.2, 0.25) is 0 Å². The van der Waals surface area contributed by atoms with E-state index in [1.165, 1.54) is 11.3 Å². The highest BCUT2D eigenvalue weighted by molar-refractivity contribution is 7.21. The number of benzene rings is 1. The first-order chi connectivity index (χ1) is 10.1. The number of ether oxygens (including phenoxy) is 1. The number of amides is 1. The number of carbonyl (C=O) groups excluding carboxylic acids is 1. The van der Waals surface area contributed by atoms with Crippen molar-refractivity contribution >= 4 is 33.0 Å². The largest absolute Gasteiger partial charge is 0.496 e. The topological polar surface area (TPSA) is 64.3 Å². The van der Waals surface area contributed by atoms with E-state index < -0.39 is 0 Å². The maximum Gasteiger partial charge on any atom is 0.264 e. The second kappa shape index (κ2) is 6.51. The van der Waals surface area contributed by atoms with E-state index in [-0.39, 0.29) is 11.9 Å². The van der Waals surface area contributed by atoms with Crippen molar-refractivity contribution in [2.24, 2.45) is 0 Å². The molecule has 1 aromatic carbocycles. The lowest BCUT2D eigenvalue weighted by atomic mass is 10.1. The molecular formula is C16H18N2O2S. The van der Waals surface area contributed by atoms with Gasteiger partial charge < -0.3 is 15.8 Å². The van der Waals surface area contributed by atoms with Crippen molar-refractivity contribution in [2.75, 3.05) is 12.8 Å². The van der Waals surface area contributed by atoms with Crippen LogP contribution < -0.4 is 15.8 Å². The van der Waals surface area contributed by atoms with Crippen LogP contribution in [-0.2, 0) is 0 Å². The SMILES string of the molecule is C#CC(CCC)NC(=O)c1sc2cccc(OC)c2c1N. The van der Waals surface area contributed by atoms with Gasteiger partial charge in [-0.25, -0.2) is 0 Å². The zero-order chi connectivity index (χ0) is 15.4. The molecule has 2 rings (SSSR count). The van der Waals surface area contributed by atoms with Crippen LogP contribution in [0.4, 0.5) is 5.69 Å². The Labute approximate surface area is 128 Å². The zero-order valence-electron chi connectivity index (χ0n) is 12.1. The minimum atomic E-state index is -0.269. The minimum absolute atomic E-state index is 0.229. The van der Waals surface area contributed by atoms with Crippen molar-refractivity contribution in [2.45, 2.75) is 25.8 Å². The van der Waals surface area contributed by atoms with E-state index in [1.54, 1.807) is 7.11 Å². The van der Waals surface area contributed by atoms with E-state index in [2.05, 4.69) is 11.2 Å². The summed E-state index contributed by atoms with van der Waals surface area (Å²) in [5.74, 6) is 3.03. The van der Waals surface area contributed by atoms with Gasteiger partial charge in [-0.3, -0.25) is 4.79 Å². The van der Waals surface area contributed by atoms with Gasteiger partial charge in [0.05, 0.1) is 24.2 Å². The molecule has 0 saturated carbocycles. The maximum absolute atomic E-state index is 12.4. The molecule has 0 bridgehead atoms. The van der Waals surface area contributed by atoms with Gasteiger partial charge in [0.15, 0.2) is 0 Å². The van der Waals surface area contributed by atoms with E-state index in [4.69, 9.17) is 16.9 Å². The fourth-order valence-electron chi connectivity index (χ4n) is 2.19. The third-order valence-electron chi connectivity index (χ3n) is 3.22. The average Bonchev–Trinajstić information content (AvgIpc) is 2.84. The number of hydrogen-bond acceptors (Lipinski definition) is 4. The van der Waals surface area contributed by atoms with Crippen molar-refractivity contribution in [1.29, 1.82) is 0 Å². The molecule has 1 heterocycles. The van der Waals surface area contributed by atoms with Crippen LogP contribution in [0.1, 0.15) is 29.4 Å². The van der Waals surface area contributed by atoms with Crippen LogP contribution in [0, 0.1) is 12.3 Å². The number of hydrogen-bond donors (Lipinski definition) is 2. The number of nitrogens with one attached hydrogen (secondary N) is 1. The molecule has 2 aromatic rings. The Hall–Kier alpha value is -2.19. The molecule has 1 atom stereocenters. The lowest BCUT2D eigenvalue weighted by Gasteiger charge is -2.11. The molecule has 0 spiro atoms. The molecule has 1 aromatic heterocycles. The summed E-state index contributed by atoms with van der Waals surface area (Å²) in [4.78, 5) is 12.8. The summed E-state index contributed by atoms with van der Waals surface area (Å²) in [5, 5.41) is 3.62. The van der Waals surface area contributed by atoms with Gasteiger partial charge in [0, 0.05) is 4.70 Å². The second-order valence-corrected chi connectivity index (χ2v) is 5.71. The van der Waals surface area contributed by atoms with Gasteiger partial charge >= 0.3 is 0 Å². The van der Waals surface area contributed by atoms with E-state index in [0.29, 0.717) is 16.3 Å². The van der Waals surface area contributed by atoms with E-state index in [9.17, 15) is 4.79 Å². The molecule has 0 aliphatic rings. The fourth-order valence-corrected chi connectivity index (χ4v) is 3.23. The van der Waals surface area contributed by atoms with Crippen LogP contribution in [0.25, 0.3) is 10.1 Å². The number of fused-ring (bicyclic) bond motifs is 1. The second-order valence-electron chi connectivity index (χ2n) is 4.66. The zero-order valence-corrected chi connectivity index (χ0v) is 12.9. The number of terminal acetylenes is 1. The summed E-state index contributed by atoms with van der Waals surface area (Å²) in [6.07, 6.45) is 7.09. The van der Waals surface area contributed by atoms with Crippen LogP contribution in [0.5, 0.6) is 5.75 Å². The number of nitrogen functional groups attached to an aromatic ring is 1. The predicted molar refractivity (Wildman–Crippen MR) is 87.8 cm³/mol. The molecule has 4 nitrogen and oxygen atoms in total. The molecule has 3 N–H and O–H groups in total. The highest BCUT2D eigenvalue weighted by Crippen LogP contribution is 2.39. The first kappa shape index (κ1) is 15.2. The molecular weight excluding hydrogens is 284 g/mol. The maximum atomic E-state index is 12.4. The molecule has 0 aliphatic heterocycles. The molecule has 0 aliphatic carbocycles. The summed E-state index contributed by atoms with van der Waals surface area (Å²) < 4.78 is 6.23. The van der Waals surface area contributed by atoms with Gasteiger partial charge in [-0.2, -0.15) is 0 Å². The summed E-state index contributed by atoms with van der Waals surface area (Å²) in [7, 11) is 1.58. The number of thiophene rings is 1. The number of anilines is 1. The molecule has 0 fully saturated rings. The first-order valence-corrected chi connectivity index (χ1v) is 7.56. The van der Waals surface area contributed by atoms with Crippen molar-refractivity contribution in [3.63, 3.8) is 0 Å². The first-order valence-electron chi connectivity index (χ1n) is 6.74. The van der Waals surface area contributed by atoms with Gasteiger partial charge in [0.2, 0.25) is 0 Å². The molecule has 110 valence electrons. The van der Waals surface area contributed by atoms with Gasteiger partial charge in [0.1, 0.15) is 10.6 Å². The molecule has 0 radical (unpaired) electrons. The van der Waals surface area contributed by atoms with Gasteiger partial charge in [-0.05, 0) is 18.6 Å². The van der Waals surface area contributed by atoms with E-state index >= 15 is 0 Å². The predicted octanol–water partition coefficient (Wildman–Crippen LogP) is 3.02. The Balaban J connectivity index is 2.37.